The van der Waals surface area contributed by atoms with Crippen LogP contribution in [0.3, 0.4) is 0 Å². The lowest BCUT2D eigenvalue weighted by molar-refractivity contribution is 0.235. The van der Waals surface area contributed by atoms with Gasteiger partial charge < -0.3 is 4.90 Å². The third kappa shape index (κ3) is 3.28. The number of para-hydroxylation sites is 1. The maximum absolute atomic E-state index is 12.9. The number of hydrogen-bond acceptors (Lipinski definition) is 4. The zero-order chi connectivity index (χ0) is 17.3. The highest BCUT2D eigenvalue weighted by Gasteiger charge is 2.32. The number of aryl methyl sites for hydroxylation is 1. The van der Waals surface area contributed by atoms with Crippen LogP contribution in [0.5, 0.6) is 0 Å². The lowest BCUT2D eigenvalue weighted by atomic mass is 10.0. The number of alkyl halides is 2. The monoisotopic (exact) mass is 355 g/mol. The number of sulfone groups is 1. The van der Waals surface area contributed by atoms with Crippen molar-refractivity contribution >= 4 is 15.5 Å². The van der Waals surface area contributed by atoms with Crippen molar-refractivity contribution in [2.24, 2.45) is 13.0 Å². The van der Waals surface area contributed by atoms with Crippen molar-refractivity contribution in [3.63, 3.8) is 0 Å². The topological polar surface area (TPSA) is 55.2 Å². The summed E-state index contributed by atoms with van der Waals surface area (Å²) in [7, 11) is -2.75. The molecule has 3 rings (SSSR count). The number of hydrogen-bond donors (Lipinski definition) is 0. The first kappa shape index (κ1) is 16.9. The third-order valence-corrected chi connectivity index (χ3v) is 5.74. The Morgan fingerprint density at radius 1 is 1.33 bits per heavy atom. The van der Waals surface area contributed by atoms with E-state index in [0.717, 1.165) is 18.4 Å². The smallest absolute Gasteiger partial charge is 0.341 e. The molecule has 1 saturated heterocycles. The summed E-state index contributed by atoms with van der Waals surface area (Å²) in [6, 6.07) is 6.00. The van der Waals surface area contributed by atoms with E-state index in [1.165, 1.54) is 12.1 Å². The van der Waals surface area contributed by atoms with Crippen LogP contribution in [0.1, 0.15) is 12.0 Å². The van der Waals surface area contributed by atoms with Gasteiger partial charge in [-0.25, -0.2) is 8.42 Å². The van der Waals surface area contributed by atoms with E-state index in [4.69, 9.17) is 0 Å². The minimum absolute atomic E-state index is 0.290. The van der Waals surface area contributed by atoms with Gasteiger partial charge in [0.25, 0.3) is 0 Å². The molecule has 2 heterocycles. The average molecular weight is 355 g/mol. The second-order valence-corrected chi connectivity index (χ2v) is 7.99. The van der Waals surface area contributed by atoms with Crippen molar-refractivity contribution < 1.29 is 17.2 Å². The fourth-order valence-electron chi connectivity index (χ4n) is 3.18. The van der Waals surface area contributed by atoms with Crippen LogP contribution < -0.4 is 4.90 Å². The summed E-state index contributed by atoms with van der Waals surface area (Å²) in [5.41, 5.74) is 1.49. The van der Waals surface area contributed by atoms with E-state index in [1.807, 2.05) is 24.3 Å². The molecule has 1 atom stereocenters. The standard InChI is InChI=1S/C16H19F2N3O2S/c1-20-10-13(9-19-20)8-12-6-7-21(11-12)14-4-2-3-5-15(14)24(22,23)16(17)18/h2-5,9-10,12,16H,6-8,11H2,1H3. The molecule has 1 aliphatic heterocycles. The van der Waals surface area contributed by atoms with Crippen molar-refractivity contribution in [1.82, 2.24) is 9.78 Å². The third-order valence-electron chi connectivity index (χ3n) is 4.32. The number of rotatable bonds is 5. The molecule has 0 saturated carbocycles. The molecule has 1 aliphatic rings. The van der Waals surface area contributed by atoms with Gasteiger partial charge in [-0.1, -0.05) is 12.1 Å². The van der Waals surface area contributed by atoms with Gasteiger partial charge in [-0.15, -0.1) is 0 Å². The Morgan fingerprint density at radius 2 is 2.08 bits per heavy atom. The predicted molar refractivity (Wildman–Crippen MR) is 86.9 cm³/mol. The van der Waals surface area contributed by atoms with Crippen LogP contribution in [0.2, 0.25) is 0 Å². The van der Waals surface area contributed by atoms with Crippen LogP contribution in [0, 0.1) is 5.92 Å². The molecule has 130 valence electrons. The lowest BCUT2D eigenvalue weighted by Gasteiger charge is -2.21. The van der Waals surface area contributed by atoms with Crippen LogP contribution in [0.4, 0.5) is 14.5 Å². The van der Waals surface area contributed by atoms with Gasteiger partial charge in [0.1, 0.15) is 0 Å². The van der Waals surface area contributed by atoms with E-state index in [2.05, 4.69) is 5.10 Å². The molecule has 0 spiro atoms. The Balaban J connectivity index is 1.79. The zero-order valence-corrected chi connectivity index (χ0v) is 14.1. The molecule has 0 bridgehead atoms. The first-order valence-corrected chi connectivity index (χ1v) is 9.26. The molecule has 1 aromatic carbocycles. The number of benzene rings is 1. The predicted octanol–water partition coefficient (Wildman–Crippen LogP) is 2.49. The Bertz CT molecular complexity index is 820. The Labute approximate surface area is 139 Å². The highest BCUT2D eigenvalue weighted by molar-refractivity contribution is 7.91. The van der Waals surface area contributed by atoms with Gasteiger partial charge in [0.05, 0.1) is 16.8 Å². The molecule has 1 fully saturated rings. The number of aromatic nitrogens is 2. The van der Waals surface area contributed by atoms with Crippen molar-refractivity contribution in [1.29, 1.82) is 0 Å². The van der Waals surface area contributed by atoms with Gasteiger partial charge in [0.15, 0.2) is 0 Å². The van der Waals surface area contributed by atoms with E-state index in [0.29, 0.717) is 24.7 Å². The van der Waals surface area contributed by atoms with Gasteiger partial charge in [-0.2, -0.15) is 13.9 Å². The Morgan fingerprint density at radius 3 is 2.75 bits per heavy atom. The maximum atomic E-state index is 12.9. The van der Waals surface area contributed by atoms with E-state index in [9.17, 15) is 17.2 Å². The molecule has 5 nitrogen and oxygen atoms in total. The van der Waals surface area contributed by atoms with Crippen LogP contribution in [0.15, 0.2) is 41.6 Å². The molecule has 0 radical (unpaired) electrons. The van der Waals surface area contributed by atoms with Crippen LogP contribution in [-0.2, 0) is 23.3 Å². The summed E-state index contributed by atoms with van der Waals surface area (Å²) in [4.78, 5) is 1.60. The summed E-state index contributed by atoms with van der Waals surface area (Å²) >= 11 is 0. The van der Waals surface area contributed by atoms with Crippen molar-refractivity contribution in [2.45, 2.75) is 23.5 Å². The molecule has 1 aromatic heterocycles. The van der Waals surface area contributed by atoms with E-state index >= 15 is 0 Å². The summed E-state index contributed by atoms with van der Waals surface area (Å²) < 4.78 is 51.4. The van der Waals surface area contributed by atoms with Crippen LogP contribution in [-0.4, -0.2) is 37.0 Å². The van der Waals surface area contributed by atoms with E-state index < -0.39 is 15.6 Å². The van der Waals surface area contributed by atoms with Crippen molar-refractivity contribution in [2.75, 3.05) is 18.0 Å². The van der Waals surface area contributed by atoms with Crippen molar-refractivity contribution in [3.8, 4) is 0 Å². The van der Waals surface area contributed by atoms with Gasteiger partial charge in [0, 0.05) is 26.3 Å². The molecule has 8 heteroatoms. The van der Waals surface area contributed by atoms with Crippen LogP contribution in [0.25, 0.3) is 0 Å². The molecular formula is C16H19F2N3O2S. The molecule has 1 unspecified atom stereocenters. The highest BCUT2D eigenvalue weighted by Crippen LogP contribution is 2.33. The summed E-state index contributed by atoms with van der Waals surface area (Å²) in [6.45, 7) is 1.30. The Kier molecular flexibility index (Phi) is 4.58. The minimum atomic E-state index is -4.61. The first-order chi connectivity index (χ1) is 11.4. The lowest BCUT2D eigenvalue weighted by Crippen LogP contribution is -2.24. The normalized spacial score (nSPS) is 18.5. The molecular weight excluding hydrogens is 336 g/mol. The van der Waals surface area contributed by atoms with Crippen LogP contribution >= 0.6 is 0 Å². The maximum Gasteiger partial charge on any atom is 0.341 e. The first-order valence-electron chi connectivity index (χ1n) is 7.71. The Hall–Kier alpha value is -1.96. The number of halogens is 2. The molecule has 2 aromatic rings. The quantitative estimate of drug-likeness (QED) is 0.827. The van der Waals surface area contributed by atoms with E-state index in [-0.39, 0.29) is 4.90 Å². The largest absolute Gasteiger partial charge is 0.370 e. The summed E-state index contributed by atoms with van der Waals surface area (Å²) in [6.07, 6.45) is 5.50. The van der Waals surface area contributed by atoms with E-state index in [1.54, 1.807) is 16.8 Å². The zero-order valence-electron chi connectivity index (χ0n) is 13.3. The number of nitrogens with zero attached hydrogens (tertiary/aromatic N) is 3. The van der Waals surface area contributed by atoms with Gasteiger partial charge >= 0.3 is 5.76 Å². The van der Waals surface area contributed by atoms with Gasteiger partial charge in [0.2, 0.25) is 9.84 Å². The second-order valence-electron chi connectivity index (χ2n) is 6.10. The molecule has 24 heavy (non-hydrogen) atoms. The van der Waals surface area contributed by atoms with Gasteiger partial charge in [-0.05, 0) is 36.5 Å². The molecule has 0 aliphatic carbocycles. The number of anilines is 1. The second kappa shape index (κ2) is 6.51. The average Bonchev–Trinajstić information content (AvgIpc) is 3.17. The summed E-state index contributed by atoms with van der Waals surface area (Å²) in [5, 5.41) is 4.14. The SMILES string of the molecule is Cn1cc(CC2CCN(c3ccccc3S(=O)(=O)C(F)F)C2)cn1. The summed E-state index contributed by atoms with van der Waals surface area (Å²) in [5.74, 6) is -3.07. The van der Waals surface area contributed by atoms with Crippen molar-refractivity contribution in [3.05, 3.63) is 42.2 Å². The fraction of sp³-hybridized carbons (Fsp3) is 0.438. The van der Waals surface area contributed by atoms with Gasteiger partial charge in [-0.3, -0.25) is 4.68 Å². The molecule has 0 amide bonds. The highest BCUT2D eigenvalue weighted by atomic mass is 32.2. The fourth-order valence-corrected chi connectivity index (χ4v) is 4.13. The minimum Gasteiger partial charge on any atom is -0.370 e. The molecule has 0 N–H and O–H groups in total.